The van der Waals surface area contributed by atoms with Crippen molar-refractivity contribution in [3.63, 3.8) is 0 Å². The van der Waals surface area contributed by atoms with Crippen molar-refractivity contribution in [1.82, 2.24) is 0 Å². The number of halogens is 3. The predicted molar refractivity (Wildman–Crippen MR) is 87.5 cm³/mol. The predicted octanol–water partition coefficient (Wildman–Crippen LogP) is 3.99. The Morgan fingerprint density at radius 3 is 2.00 bits per heavy atom. The molecule has 0 aliphatic carbocycles. The van der Waals surface area contributed by atoms with Crippen LogP contribution in [0.4, 0.5) is 13.2 Å². The lowest BCUT2D eigenvalue weighted by Gasteiger charge is -2.28. The van der Waals surface area contributed by atoms with Crippen LogP contribution in [0.1, 0.15) is 42.3 Å². The summed E-state index contributed by atoms with van der Waals surface area (Å²) in [7, 11) is -3.07. The van der Waals surface area contributed by atoms with Gasteiger partial charge in [-0.1, -0.05) is 12.1 Å². The number of aromatic carboxylic acids is 1. The summed E-state index contributed by atoms with van der Waals surface area (Å²) in [5.74, 6) is -1.61. The number of carboxylic acid groups (broad SMARTS) is 1. The van der Waals surface area contributed by atoms with Gasteiger partial charge in [-0.15, -0.1) is 0 Å². The van der Waals surface area contributed by atoms with Crippen LogP contribution >= 0.6 is 0 Å². The Morgan fingerprint density at radius 2 is 1.60 bits per heavy atom. The molecule has 0 saturated carbocycles. The van der Waals surface area contributed by atoms with Gasteiger partial charge in [-0.05, 0) is 38.8 Å². The molecule has 9 heteroatoms. The average molecular weight is 380 g/mol. The van der Waals surface area contributed by atoms with Gasteiger partial charge in [0.15, 0.2) is 0 Å². The highest BCUT2D eigenvalue weighted by Crippen LogP contribution is 2.34. The molecular formula is C16H23F3O5Si. The van der Waals surface area contributed by atoms with Gasteiger partial charge in [-0.25, -0.2) is 4.79 Å². The molecular weight excluding hydrogens is 357 g/mol. The second-order valence-corrected chi connectivity index (χ2v) is 7.86. The number of benzene rings is 1. The molecule has 0 spiro atoms. The Labute approximate surface area is 146 Å². The lowest BCUT2D eigenvalue weighted by molar-refractivity contribution is -0.138. The number of rotatable bonds is 10. The third kappa shape index (κ3) is 5.81. The second-order valence-electron chi connectivity index (χ2n) is 5.12. The van der Waals surface area contributed by atoms with Crippen LogP contribution in [0.25, 0.3) is 0 Å². The maximum atomic E-state index is 13.1. The molecule has 0 atom stereocenters. The number of carbonyl (C=O) groups is 1. The van der Waals surface area contributed by atoms with Gasteiger partial charge in [0.2, 0.25) is 0 Å². The SMILES string of the molecule is CCO[Si](CCc1cccc(C(F)(F)F)c1C(=O)O)(OCC)OCC. The lowest BCUT2D eigenvalue weighted by atomic mass is 9.99. The fraction of sp³-hybridized carbons (Fsp3) is 0.562. The first kappa shape index (κ1) is 21.6. The fourth-order valence-electron chi connectivity index (χ4n) is 2.59. The Bertz CT molecular complexity index is 560. The monoisotopic (exact) mass is 380 g/mol. The largest absolute Gasteiger partial charge is 0.501 e. The van der Waals surface area contributed by atoms with Gasteiger partial charge in [0.25, 0.3) is 0 Å². The number of aryl methyl sites for hydroxylation is 1. The molecule has 0 fully saturated rings. The Morgan fingerprint density at radius 1 is 1.08 bits per heavy atom. The highest BCUT2D eigenvalue weighted by molar-refractivity contribution is 6.60. The van der Waals surface area contributed by atoms with E-state index in [1.54, 1.807) is 20.8 Å². The minimum atomic E-state index is -4.74. The first-order valence-electron chi connectivity index (χ1n) is 8.05. The van der Waals surface area contributed by atoms with Gasteiger partial charge in [-0.2, -0.15) is 13.2 Å². The highest BCUT2D eigenvalue weighted by Gasteiger charge is 2.41. The Kier molecular flexibility index (Phi) is 8.06. The maximum Gasteiger partial charge on any atom is 0.501 e. The highest BCUT2D eigenvalue weighted by atomic mass is 28.4. The minimum Gasteiger partial charge on any atom is -0.478 e. The van der Waals surface area contributed by atoms with Crippen LogP contribution in [0.15, 0.2) is 18.2 Å². The summed E-state index contributed by atoms with van der Waals surface area (Å²) in [6.45, 7) is 6.31. The van der Waals surface area contributed by atoms with Crippen molar-refractivity contribution in [3.05, 3.63) is 34.9 Å². The van der Waals surface area contributed by atoms with E-state index in [4.69, 9.17) is 13.3 Å². The first-order valence-corrected chi connectivity index (χ1v) is 9.98. The van der Waals surface area contributed by atoms with Gasteiger partial charge in [-0.3, -0.25) is 0 Å². The van der Waals surface area contributed by atoms with Gasteiger partial charge in [0, 0.05) is 25.9 Å². The molecule has 1 aromatic rings. The number of alkyl halides is 3. The molecule has 0 aliphatic heterocycles. The van der Waals surface area contributed by atoms with Crippen molar-refractivity contribution >= 4 is 14.8 Å². The van der Waals surface area contributed by atoms with Crippen molar-refractivity contribution in [1.29, 1.82) is 0 Å². The summed E-state index contributed by atoms with van der Waals surface area (Å²) in [6, 6.07) is 3.55. The third-order valence-electron chi connectivity index (χ3n) is 3.46. The van der Waals surface area contributed by atoms with Gasteiger partial charge in [0.05, 0.1) is 11.1 Å². The number of carboxylic acids is 1. The fourth-order valence-corrected chi connectivity index (χ4v) is 5.16. The van der Waals surface area contributed by atoms with Crippen molar-refractivity contribution in [3.8, 4) is 0 Å². The quantitative estimate of drug-likeness (QED) is 0.622. The van der Waals surface area contributed by atoms with E-state index in [-0.39, 0.29) is 18.0 Å². The summed E-state index contributed by atoms with van der Waals surface area (Å²) in [5, 5.41) is 9.27. The van der Waals surface area contributed by atoms with Crippen molar-refractivity contribution < 1.29 is 36.4 Å². The van der Waals surface area contributed by atoms with Crippen LogP contribution in [0.3, 0.4) is 0 Å². The lowest BCUT2D eigenvalue weighted by Crippen LogP contribution is -2.46. The molecule has 0 bridgehead atoms. The van der Waals surface area contributed by atoms with E-state index in [1.807, 2.05) is 0 Å². The van der Waals surface area contributed by atoms with Gasteiger partial charge in [0.1, 0.15) is 0 Å². The zero-order valence-corrected chi connectivity index (χ0v) is 15.5. The Balaban J connectivity index is 3.18. The van der Waals surface area contributed by atoms with Crippen LogP contribution < -0.4 is 0 Å². The molecule has 0 aromatic heterocycles. The van der Waals surface area contributed by atoms with Crippen LogP contribution in [-0.2, 0) is 25.9 Å². The molecule has 0 aliphatic rings. The molecule has 0 radical (unpaired) electrons. The third-order valence-corrected chi connectivity index (χ3v) is 6.51. The second kappa shape index (κ2) is 9.32. The molecule has 0 saturated heterocycles. The average Bonchev–Trinajstić information content (AvgIpc) is 2.52. The van der Waals surface area contributed by atoms with E-state index in [2.05, 4.69) is 0 Å². The van der Waals surface area contributed by atoms with Gasteiger partial charge < -0.3 is 18.4 Å². The molecule has 0 amide bonds. The van der Waals surface area contributed by atoms with Gasteiger partial charge >= 0.3 is 21.0 Å². The molecule has 1 N–H and O–H groups in total. The summed E-state index contributed by atoms with van der Waals surface area (Å²) in [6.07, 6.45) is -4.68. The standard InChI is InChI=1S/C16H23F3O5Si/c1-4-22-25(23-5-2,24-6-3)11-10-12-8-7-9-13(16(17,18)19)14(12)15(20)21/h7-9H,4-6,10-11H2,1-3H3,(H,20,21). The van der Waals surface area contributed by atoms with Crippen LogP contribution in [0.5, 0.6) is 0 Å². The molecule has 142 valence electrons. The van der Waals surface area contributed by atoms with E-state index in [1.165, 1.54) is 12.1 Å². The smallest absolute Gasteiger partial charge is 0.478 e. The van der Waals surface area contributed by atoms with E-state index in [0.717, 1.165) is 6.07 Å². The maximum absolute atomic E-state index is 13.1. The van der Waals surface area contributed by atoms with Crippen molar-refractivity contribution in [2.24, 2.45) is 0 Å². The van der Waals surface area contributed by atoms with E-state index in [0.29, 0.717) is 19.8 Å². The Hall–Kier alpha value is -1.42. The van der Waals surface area contributed by atoms with Crippen LogP contribution in [0, 0.1) is 0 Å². The van der Waals surface area contributed by atoms with E-state index >= 15 is 0 Å². The number of hydrogen-bond donors (Lipinski definition) is 1. The minimum absolute atomic E-state index is 0.0533. The topological polar surface area (TPSA) is 65.0 Å². The molecule has 1 rings (SSSR count). The van der Waals surface area contributed by atoms with Crippen LogP contribution in [0.2, 0.25) is 6.04 Å². The van der Waals surface area contributed by atoms with Crippen molar-refractivity contribution in [2.45, 2.75) is 39.4 Å². The van der Waals surface area contributed by atoms with E-state index in [9.17, 15) is 23.1 Å². The molecule has 1 aromatic carbocycles. The zero-order valence-electron chi connectivity index (χ0n) is 14.5. The van der Waals surface area contributed by atoms with Crippen molar-refractivity contribution in [2.75, 3.05) is 19.8 Å². The molecule has 5 nitrogen and oxygen atoms in total. The first-order chi connectivity index (χ1) is 11.7. The molecule has 0 heterocycles. The summed E-state index contributed by atoms with van der Waals surface area (Å²) < 4.78 is 56.3. The van der Waals surface area contributed by atoms with Crippen LogP contribution in [-0.4, -0.2) is 39.7 Å². The summed E-state index contributed by atoms with van der Waals surface area (Å²) in [5.41, 5.74) is -1.81. The normalized spacial score (nSPS) is 12.4. The number of hydrogen-bond acceptors (Lipinski definition) is 4. The van der Waals surface area contributed by atoms with E-state index < -0.39 is 32.1 Å². The molecule has 25 heavy (non-hydrogen) atoms. The molecule has 0 unspecified atom stereocenters. The summed E-state index contributed by atoms with van der Waals surface area (Å²) in [4.78, 5) is 11.4. The summed E-state index contributed by atoms with van der Waals surface area (Å²) >= 11 is 0. The zero-order chi connectivity index (χ0) is 19.1.